The second-order valence-electron chi connectivity index (χ2n) is 7.84. The summed E-state index contributed by atoms with van der Waals surface area (Å²) in [5.74, 6) is 3.17. The third-order valence-electron chi connectivity index (χ3n) is 6.07. The molecule has 0 amide bonds. The van der Waals surface area contributed by atoms with Crippen LogP contribution in [0.15, 0.2) is 23.2 Å². The lowest BCUT2D eigenvalue weighted by Crippen LogP contribution is -2.52. The highest BCUT2D eigenvalue weighted by Crippen LogP contribution is 2.40. The molecule has 0 aromatic heterocycles. The zero-order valence-corrected chi connectivity index (χ0v) is 18.6. The first-order valence-electron chi connectivity index (χ1n) is 10.4. The van der Waals surface area contributed by atoms with Gasteiger partial charge >= 0.3 is 0 Å². The molecule has 6 heteroatoms. The lowest BCUT2D eigenvalue weighted by molar-refractivity contribution is 0.0503. The molecule has 0 saturated carbocycles. The van der Waals surface area contributed by atoms with Crippen molar-refractivity contribution in [2.75, 3.05) is 52.8 Å². The first-order chi connectivity index (χ1) is 13.6. The Morgan fingerprint density at radius 2 is 2.18 bits per heavy atom. The lowest BCUT2D eigenvalue weighted by Gasteiger charge is -2.41. The first-order valence-corrected chi connectivity index (χ1v) is 11.5. The van der Waals surface area contributed by atoms with Crippen LogP contribution in [-0.2, 0) is 10.2 Å². The number of ether oxygens (including phenoxy) is 2. The van der Waals surface area contributed by atoms with Crippen LogP contribution >= 0.6 is 11.8 Å². The van der Waals surface area contributed by atoms with Gasteiger partial charge in [-0.25, -0.2) is 0 Å². The molecule has 0 spiro atoms. The molecule has 1 atom stereocenters. The Hall–Kier alpha value is -1.40. The number of nitrogens with zero attached hydrogens (tertiary/aromatic N) is 2. The number of hydrogen-bond acceptors (Lipinski definition) is 4. The number of guanidine groups is 1. The minimum atomic E-state index is 0.000246. The van der Waals surface area contributed by atoms with Gasteiger partial charge < -0.3 is 19.7 Å². The summed E-state index contributed by atoms with van der Waals surface area (Å²) in [5, 5.41) is 4.41. The van der Waals surface area contributed by atoms with Crippen LogP contribution in [0.4, 0.5) is 0 Å². The predicted molar refractivity (Wildman–Crippen MR) is 119 cm³/mol. The monoisotopic (exact) mass is 405 g/mol. The second kappa shape index (κ2) is 9.88. The summed E-state index contributed by atoms with van der Waals surface area (Å²) in [6.07, 6.45) is 3.19. The molecule has 0 aliphatic carbocycles. The van der Waals surface area contributed by atoms with Crippen molar-refractivity contribution in [3.05, 3.63) is 29.3 Å². The number of hydrogen-bond donors (Lipinski definition) is 1. The summed E-state index contributed by atoms with van der Waals surface area (Å²) < 4.78 is 11.5. The molecule has 2 saturated heterocycles. The molecule has 1 aromatic carbocycles. The number of rotatable bonds is 5. The minimum absolute atomic E-state index is 0.000246. The maximum atomic E-state index is 5.74. The van der Waals surface area contributed by atoms with Crippen LogP contribution < -0.4 is 10.1 Å². The van der Waals surface area contributed by atoms with Gasteiger partial charge in [0, 0.05) is 61.9 Å². The minimum Gasteiger partial charge on any atom is -0.496 e. The van der Waals surface area contributed by atoms with Gasteiger partial charge in [-0.05, 0) is 32.3 Å². The van der Waals surface area contributed by atoms with E-state index in [0.29, 0.717) is 5.25 Å². The summed E-state index contributed by atoms with van der Waals surface area (Å²) in [7, 11) is 3.67. The van der Waals surface area contributed by atoms with E-state index in [1.54, 1.807) is 7.11 Å². The Bertz CT molecular complexity index is 674. The van der Waals surface area contributed by atoms with Crippen LogP contribution in [0.3, 0.4) is 0 Å². The van der Waals surface area contributed by atoms with Gasteiger partial charge in [0.15, 0.2) is 5.96 Å². The highest BCUT2D eigenvalue weighted by atomic mass is 32.2. The van der Waals surface area contributed by atoms with E-state index < -0.39 is 0 Å². The van der Waals surface area contributed by atoms with Crippen molar-refractivity contribution < 1.29 is 9.47 Å². The van der Waals surface area contributed by atoms with Gasteiger partial charge in [-0.1, -0.05) is 24.6 Å². The van der Waals surface area contributed by atoms with Gasteiger partial charge in [0.25, 0.3) is 0 Å². The molecule has 2 aliphatic rings. The van der Waals surface area contributed by atoms with Gasteiger partial charge in [0.05, 0.1) is 7.11 Å². The average Bonchev–Trinajstić information content (AvgIpc) is 2.75. The van der Waals surface area contributed by atoms with Gasteiger partial charge in [0.2, 0.25) is 0 Å². The van der Waals surface area contributed by atoms with Crippen molar-refractivity contribution in [1.82, 2.24) is 10.2 Å². The highest BCUT2D eigenvalue weighted by molar-refractivity contribution is 8.00. The van der Waals surface area contributed by atoms with Crippen LogP contribution in [0.5, 0.6) is 5.75 Å². The smallest absolute Gasteiger partial charge is 0.193 e. The predicted octanol–water partition coefficient (Wildman–Crippen LogP) is 3.45. The second-order valence-corrected chi connectivity index (χ2v) is 9.25. The van der Waals surface area contributed by atoms with Crippen molar-refractivity contribution in [2.24, 2.45) is 4.99 Å². The van der Waals surface area contributed by atoms with Crippen molar-refractivity contribution >= 4 is 17.7 Å². The van der Waals surface area contributed by atoms with Crippen molar-refractivity contribution in [2.45, 2.75) is 43.8 Å². The zero-order valence-electron chi connectivity index (χ0n) is 17.8. The molecule has 28 heavy (non-hydrogen) atoms. The van der Waals surface area contributed by atoms with E-state index in [-0.39, 0.29) is 5.41 Å². The van der Waals surface area contributed by atoms with Crippen molar-refractivity contribution in [3.8, 4) is 5.75 Å². The van der Waals surface area contributed by atoms with Crippen molar-refractivity contribution in [3.63, 3.8) is 0 Å². The first kappa shape index (κ1) is 21.3. The molecule has 5 nitrogen and oxygen atoms in total. The molecule has 1 unspecified atom stereocenters. The maximum Gasteiger partial charge on any atom is 0.193 e. The maximum absolute atomic E-state index is 5.74. The quantitative estimate of drug-likeness (QED) is 0.600. The molecule has 2 aliphatic heterocycles. The third kappa shape index (κ3) is 4.77. The highest BCUT2D eigenvalue weighted by Gasteiger charge is 2.37. The fourth-order valence-corrected chi connectivity index (χ4v) is 5.46. The summed E-state index contributed by atoms with van der Waals surface area (Å²) in [5.41, 5.74) is 2.56. The normalized spacial score (nSPS) is 22.8. The van der Waals surface area contributed by atoms with E-state index in [2.05, 4.69) is 59.0 Å². The number of nitrogens with one attached hydrogen (secondary N) is 1. The SMILES string of the molecule is CCC1CN(C(=NC)NCC2(c3cc(C)ccc3OC)CCOCC2)CCS1. The molecule has 0 radical (unpaired) electrons. The molecule has 2 fully saturated rings. The van der Waals surface area contributed by atoms with E-state index in [0.717, 1.165) is 57.4 Å². The lowest BCUT2D eigenvalue weighted by atomic mass is 9.73. The summed E-state index contributed by atoms with van der Waals surface area (Å²) in [6.45, 7) is 8.99. The molecule has 1 N–H and O–H groups in total. The zero-order chi connectivity index (χ0) is 20.0. The largest absolute Gasteiger partial charge is 0.496 e. The Kier molecular flexibility index (Phi) is 7.52. The molecule has 1 aromatic rings. The topological polar surface area (TPSA) is 46.1 Å². The molecule has 156 valence electrons. The number of aryl methyl sites for hydroxylation is 1. The molecule has 0 bridgehead atoms. The van der Waals surface area contributed by atoms with Gasteiger partial charge in [-0.15, -0.1) is 0 Å². The fraction of sp³-hybridized carbons (Fsp3) is 0.682. The van der Waals surface area contributed by atoms with E-state index in [9.17, 15) is 0 Å². The van der Waals surface area contributed by atoms with Gasteiger partial charge in [-0.2, -0.15) is 11.8 Å². The number of methoxy groups -OCH3 is 1. The van der Waals surface area contributed by atoms with Crippen LogP contribution in [-0.4, -0.2) is 68.9 Å². The van der Waals surface area contributed by atoms with E-state index >= 15 is 0 Å². The van der Waals surface area contributed by atoms with Crippen LogP contribution in [0.25, 0.3) is 0 Å². The van der Waals surface area contributed by atoms with Gasteiger partial charge in [0.1, 0.15) is 5.75 Å². The Labute approximate surface area is 174 Å². The summed E-state index contributed by atoms with van der Waals surface area (Å²) in [4.78, 5) is 7.03. The average molecular weight is 406 g/mol. The molecular formula is C22H35N3O2S. The standard InChI is InChI=1S/C22H35N3O2S/c1-5-18-15-25(10-13-28-18)21(23-3)24-16-22(8-11-27-12-9-22)19-14-17(2)6-7-20(19)26-4/h6-7,14,18H,5,8-13,15-16H2,1-4H3,(H,23,24). The van der Waals surface area contributed by atoms with Crippen LogP contribution in [0.2, 0.25) is 0 Å². The Morgan fingerprint density at radius 1 is 1.39 bits per heavy atom. The Morgan fingerprint density at radius 3 is 2.86 bits per heavy atom. The fourth-order valence-electron chi connectivity index (χ4n) is 4.28. The third-order valence-corrected chi connectivity index (χ3v) is 7.44. The molecule has 3 rings (SSSR count). The van der Waals surface area contributed by atoms with Crippen LogP contribution in [0.1, 0.15) is 37.3 Å². The van der Waals surface area contributed by atoms with E-state index in [1.165, 1.54) is 23.3 Å². The van der Waals surface area contributed by atoms with Gasteiger partial charge in [-0.3, -0.25) is 4.99 Å². The molecular weight excluding hydrogens is 370 g/mol. The Balaban J connectivity index is 1.80. The van der Waals surface area contributed by atoms with E-state index in [4.69, 9.17) is 9.47 Å². The van der Waals surface area contributed by atoms with E-state index in [1.807, 2.05) is 7.05 Å². The number of thioether (sulfide) groups is 1. The molecule has 2 heterocycles. The van der Waals surface area contributed by atoms with Crippen LogP contribution in [0, 0.1) is 6.92 Å². The summed E-state index contributed by atoms with van der Waals surface area (Å²) in [6, 6.07) is 6.52. The summed E-state index contributed by atoms with van der Waals surface area (Å²) >= 11 is 2.09. The number of benzene rings is 1. The van der Waals surface area contributed by atoms with Crippen molar-refractivity contribution in [1.29, 1.82) is 0 Å². The number of aliphatic imine (C=N–C) groups is 1.